The van der Waals surface area contributed by atoms with Crippen molar-refractivity contribution in [2.24, 2.45) is 0 Å². The molecule has 0 unspecified atom stereocenters. The quantitative estimate of drug-likeness (QED) is 0.396. The molecule has 0 N–H and O–H groups in total. The highest BCUT2D eigenvalue weighted by Crippen LogP contribution is 2.31. The summed E-state index contributed by atoms with van der Waals surface area (Å²) >= 11 is 1.33. The van der Waals surface area contributed by atoms with Gasteiger partial charge in [-0.1, -0.05) is 35.6 Å². The van der Waals surface area contributed by atoms with Crippen LogP contribution in [0.5, 0.6) is 0 Å². The summed E-state index contributed by atoms with van der Waals surface area (Å²) in [4.78, 5) is 22.3. The Morgan fingerprint density at radius 3 is 2.71 bits per heavy atom. The van der Waals surface area contributed by atoms with E-state index in [-0.39, 0.29) is 11.7 Å². The van der Waals surface area contributed by atoms with Crippen LogP contribution in [0.15, 0.2) is 54.7 Å². The zero-order valence-corrected chi connectivity index (χ0v) is 19.8. The highest BCUT2D eigenvalue weighted by atomic mass is 32.1. The van der Waals surface area contributed by atoms with Crippen LogP contribution in [0.4, 0.5) is 9.52 Å². The molecule has 1 aliphatic rings. The molecule has 1 fully saturated rings. The van der Waals surface area contributed by atoms with Gasteiger partial charge in [-0.25, -0.2) is 14.1 Å². The Bertz CT molecular complexity index is 1280. The fraction of sp³-hybridized carbons (Fsp3) is 0.320. The van der Waals surface area contributed by atoms with Gasteiger partial charge in [0.25, 0.3) is 5.91 Å². The number of thiazole rings is 1. The number of rotatable bonds is 7. The van der Waals surface area contributed by atoms with Crippen LogP contribution < -0.4 is 4.90 Å². The molecule has 4 aromatic rings. The average molecular weight is 480 g/mol. The monoisotopic (exact) mass is 479 g/mol. The van der Waals surface area contributed by atoms with Gasteiger partial charge >= 0.3 is 0 Å². The number of carbonyl (C=O) groups is 1. The van der Waals surface area contributed by atoms with Gasteiger partial charge in [-0.3, -0.25) is 14.6 Å². The van der Waals surface area contributed by atoms with E-state index in [2.05, 4.69) is 15.0 Å². The van der Waals surface area contributed by atoms with Crippen LogP contribution in [0.3, 0.4) is 0 Å². The van der Waals surface area contributed by atoms with E-state index in [0.29, 0.717) is 22.8 Å². The van der Waals surface area contributed by atoms with E-state index >= 15 is 0 Å². The third kappa shape index (κ3) is 4.59. The number of morpholine rings is 1. The van der Waals surface area contributed by atoms with Crippen LogP contribution in [-0.2, 0) is 4.74 Å². The van der Waals surface area contributed by atoms with E-state index in [0.717, 1.165) is 55.4 Å². The maximum Gasteiger partial charge on any atom is 0.263 e. The summed E-state index contributed by atoms with van der Waals surface area (Å²) in [5.41, 5.74) is 2.45. The molecule has 176 valence electrons. The fourth-order valence-corrected chi connectivity index (χ4v) is 5.18. The Labute approximate surface area is 201 Å². The van der Waals surface area contributed by atoms with E-state index < -0.39 is 0 Å². The van der Waals surface area contributed by atoms with Crippen molar-refractivity contribution in [3.05, 3.63) is 71.8 Å². The van der Waals surface area contributed by atoms with Gasteiger partial charge in [0.05, 0.1) is 41.1 Å². The number of nitrogens with zero attached hydrogens (tertiary/aromatic N) is 5. The Balaban J connectivity index is 1.44. The number of amides is 1. The number of hydrogen-bond donors (Lipinski definition) is 0. The molecule has 1 saturated heterocycles. The highest BCUT2D eigenvalue weighted by Gasteiger charge is 2.26. The summed E-state index contributed by atoms with van der Waals surface area (Å²) in [7, 11) is 0. The summed E-state index contributed by atoms with van der Waals surface area (Å²) in [6.45, 7) is 6.47. The summed E-state index contributed by atoms with van der Waals surface area (Å²) in [5.74, 6) is -0.560. The molecule has 0 radical (unpaired) electrons. The maximum atomic E-state index is 14.3. The molecule has 2 aromatic carbocycles. The number of benzene rings is 2. The van der Waals surface area contributed by atoms with Crippen molar-refractivity contribution in [1.29, 1.82) is 0 Å². The standard InChI is InChI=1S/C25H26FN5O2S/c1-18-20(17-27-31(18)19-7-3-2-4-8-19)24(32)30(12-6-11-29-13-15-33-16-14-29)25-28-23-21(26)9-5-10-22(23)34-25/h2-5,7-10,17H,6,11-16H2,1H3. The molecule has 34 heavy (non-hydrogen) atoms. The van der Waals surface area contributed by atoms with Gasteiger partial charge in [-0.2, -0.15) is 5.10 Å². The number of fused-ring (bicyclic) bond motifs is 1. The molecule has 0 saturated carbocycles. The minimum absolute atomic E-state index is 0.180. The second-order valence-corrected chi connectivity index (χ2v) is 9.25. The topological polar surface area (TPSA) is 63.5 Å². The lowest BCUT2D eigenvalue weighted by Crippen LogP contribution is -2.39. The van der Waals surface area contributed by atoms with Crippen LogP contribution in [0.2, 0.25) is 0 Å². The second kappa shape index (κ2) is 10.0. The van der Waals surface area contributed by atoms with Crippen LogP contribution in [0.1, 0.15) is 22.5 Å². The Morgan fingerprint density at radius 1 is 1.15 bits per heavy atom. The number of hydrogen-bond acceptors (Lipinski definition) is 6. The predicted molar refractivity (Wildman–Crippen MR) is 131 cm³/mol. The Kier molecular flexibility index (Phi) is 6.66. The van der Waals surface area contributed by atoms with Gasteiger partial charge in [0.15, 0.2) is 5.13 Å². The lowest BCUT2D eigenvalue weighted by atomic mass is 10.2. The molecule has 1 amide bonds. The molecule has 0 bridgehead atoms. The van der Waals surface area contributed by atoms with E-state index in [4.69, 9.17) is 4.74 Å². The van der Waals surface area contributed by atoms with E-state index in [1.807, 2.05) is 43.3 Å². The minimum atomic E-state index is -0.381. The molecule has 1 aliphatic heterocycles. The van der Waals surface area contributed by atoms with Gasteiger partial charge in [-0.05, 0) is 37.6 Å². The van der Waals surface area contributed by atoms with Crippen molar-refractivity contribution in [2.75, 3.05) is 44.3 Å². The average Bonchev–Trinajstić information content (AvgIpc) is 3.47. The van der Waals surface area contributed by atoms with Crippen molar-refractivity contribution in [1.82, 2.24) is 19.7 Å². The summed E-state index contributed by atoms with van der Waals surface area (Å²) in [6, 6.07) is 14.6. The molecular formula is C25H26FN5O2S. The molecule has 9 heteroatoms. The Hall–Kier alpha value is -3.14. The third-order valence-electron chi connectivity index (χ3n) is 6.04. The number of anilines is 1. The van der Waals surface area contributed by atoms with E-state index in [1.165, 1.54) is 17.4 Å². The van der Waals surface area contributed by atoms with Crippen molar-refractivity contribution < 1.29 is 13.9 Å². The minimum Gasteiger partial charge on any atom is -0.379 e. The fourth-order valence-electron chi connectivity index (χ4n) is 4.17. The zero-order chi connectivity index (χ0) is 23.5. The largest absolute Gasteiger partial charge is 0.379 e. The predicted octanol–water partition coefficient (Wildman–Crippen LogP) is 4.30. The molecule has 0 aliphatic carbocycles. The SMILES string of the molecule is Cc1c(C(=O)N(CCCN2CCOCC2)c2nc3c(F)cccc3s2)cnn1-c1ccccc1. The van der Waals surface area contributed by atoms with Crippen molar-refractivity contribution in [3.63, 3.8) is 0 Å². The van der Waals surface area contributed by atoms with Gasteiger partial charge in [-0.15, -0.1) is 0 Å². The number of para-hydroxylation sites is 2. The van der Waals surface area contributed by atoms with E-state index in [9.17, 15) is 9.18 Å². The van der Waals surface area contributed by atoms with Gasteiger partial charge < -0.3 is 4.74 Å². The first-order valence-electron chi connectivity index (χ1n) is 11.4. The molecule has 3 heterocycles. The lowest BCUT2D eigenvalue weighted by molar-refractivity contribution is 0.0376. The molecule has 5 rings (SSSR count). The molecule has 0 spiro atoms. The molecule has 0 atom stereocenters. The number of carbonyl (C=O) groups excluding carboxylic acids is 1. The number of aromatic nitrogens is 3. The summed E-state index contributed by atoms with van der Waals surface area (Å²) < 4.78 is 22.3. The molecule has 2 aromatic heterocycles. The van der Waals surface area contributed by atoms with Crippen molar-refractivity contribution in [3.8, 4) is 5.69 Å². The van der Waals surface area contributed by atoms with Crippen LogP contribution in [0.25, 0.3) is 15.9 Å². The van der Waals surface area contributed by atoms with E-state index in [1.54, 1.807) is 21.8 Å². The first-order chi connectivity index (χ1) is 16.6. The van der Waals surface area contributed by atoms with Crippen LogP contribution in [0, 0.1) is 12.7 Å². The maximum absolute atomic E-state index is 14.3. The first-order valence-corrected chi connectivity index (χ1v) is 12.2. The number of halogens is 1. The zero-order valence-electron chi connectivity index (χ0n) is 19.0. The van der Waals surface area contributed by atoms with Crippen LogP contribution in [-0.4, -0.2) is 65.0 Å². The summed E-state index contributed by atoms with van der Waals surface area (Å²) in [6.07, 6.45) is 2.38. The smallest absolute Gasteiger partial charge is 0.263 e. The number of ether oxygens (including phenoxy) is 1. The van der Waals surface area contributed by atoms with Gasteiger partial charge in [0.2, 0.25) is 0 Å². The molecular weight excluding hydrogens is 453 g/mol. The summed E-state index contributed by atoms with van der Waals surface area (Å²) in [5, 5.41) is 4.96. The first kappa shape index (κ1) is 22.6. The van der Waals surface area contributed by atoms with Gasteiger partial charge in [0, 0.05) is 26.2 Å². The lowest BCUT2D eigenvalue weighted by Gasteiger charge is -2.27. The third-order valence-corrected chi connectivity index (χ3v) is 7.08. The van der Waals surface area contributed by atoms with Crippen molar-refractivity contribution >= 4 is 32.6 Å². The second-order valence-electron chi connectivity index (χ2n) is 8.24. The van der Waals surface area contributed by atoms with Gasteiger partial charge in [0.1, 0.15) is 11.3 Å². The molecule has 7 nitrogen and oxygen atoms in total. The Morgan fingerprint density at radius 2 is 1.94 bits per heavy atom. The normalized spacial score (nSPS) is 14.5. The van der Waals surface area contributed by atoms with Crippen LogP contribution >= 0.6 is 11.3 Å². The highest BCUT2D eigenvalue weighted by molar-refractivity contribution is 7.22. The van der Waals surface area contributed by atoms with Crippen molar-refractivity contribution in [2.45, 2.75) is 13.3 Å².